The Balaban J connectivity index is 1.93. The molecular weight excluding hydrogens is 268 g/mol. The SMILES string of the molecule is NC(=O)C1CCCCN1C(=O)c1cc2cc(N)ccc2[nH]1. The Morgan fingerprint density at radius 2 is 2.05 bits per heavy atom. The maximum Gasteiger partial charge on any atom is 0.270 e. The quantitative estimate of drug-likeness (QED) is 0.723. The fourth-order valence-electron chi connectivity index (χ4n) is 2.89. The van der Waals surface area contributed by atoms with Crippen molar-refractivity contribution >= 4 is 28.4 Å². The number of nitrogens with two attached hydrogens (primary N) is 2. The van der Waals surface area contributed by atoms with Crippen LogP contribution in [-0.2, 0) is 4.79 Å². The van der Waals surface area contributed by atoms with Crippen LogP contribution in [0.25, 0.3) is 10.9 Å². The van der Waals surface area contributed by atoms with Crippen molar-refractivity contribution in [3.63, 3.8) is 0 Å². The number of aromatic nitrogens is 1. The number of nitrogens with zero attached hydrogens (tertiary/aromatic N) is 1. The van der Waals surface area contributed by atoms with Crippen LogP contribution in [0.2, 0.25) is 0 Å². The molecule has 0 radical (unpaired) electrons. The van der Waals surface area contributed by atoms with Crippen molar-refractivity contribution < 1.29 is 9.59 Å². The van der Waals surface area contributed by atoms with E-state index >= 15 is 0 Å². The average molecular weight is 286 g/mol. The van der Waals surface area contributed by atoms with Crippen molar-refractivity contribution in [2.45, 2.75) is 25.3 Å². The number of hydrogen-bond donors (Lipinski definition) is 3. The van der Waals surface area contributed by atoms with E-state index in [-0.39, 0.29) is 5.91 Å². The first kappa shape index (κ1) is 13.5. The van der Waals surface area contributed by atoms with E-state index in [0.717, 1.165) is 23.7 Å². The largest absolute Gasteiger partial charge is 0.399 e. The number of H-pyrrole nitrogens is 1. The number of amides is 2. The number of carbonyl (C=O) groups is 2. The monoisotopic (exact) mass is 286 g/mol. The Labute approximate surface area is 122 Å². The molecule has 0 bridgehead atoms. The minimum absolute atomic E-state index is 0.187. The van der Waals surface area contributed by atoms with Gasteiger partial charge in [-0.15, -0.1) is 0 Å². The number of nitrogen functional groups attached to an aromatic ring is 1. The minimum atomic E-state index is -0.511. The number of nitrogens with one attached hydrogen (secondary N) is 1. The average Bonchev–Trinajstić information content (AvgIpc) is 2.89. The zero-order valence-corrected chi connectivity index (χ0v) is 11.6. The van der Waals surface area contributed by atoms with Crippen molar-refractivity contribution in [3.8, 4) is 0 Å². The first-order chi connectivity index (χ1) is 10.1. The fraction of sp³-hybridized carbons (Fsp3) is 0.333. The Morgan fingerprint density at radius 3 is 2.81 bits per heavy atom. The second-order valence-electron chi connectivity index (χ2n) is 5.44. The van der Waals surface area contributed by atoms with Gasteiger partial charge in [-0.3, -0.25) is 9.59 Å². The number of hydrogen-bond acceptors (Lipinski definition) is 3. The van der Waals surface area contributed by atoms with Crippen LogP contribution < -0.4 is 11.5 Å². The van der Waals surface area contributed by atoms with Gasteiger partial charge in [0.05, 0.1) is 0 Å². The molecule has 1 atom stereocenters. The molecule has 1 fully saturated rings. The number of piperidine rings is 1. The highest BCUT2D eigenvalue weighted by Crippen LogP contribution is 2.23. The van der Waals surface area contributed by atoms with Gasteiger partial charge in [0.2, 0.25) is 5.91 Å². The van der Waals surface area contributed by atoms with Gasteiger partial charge in [-0.25, -0.2) is 0 Å². The summed E-state index contributed by atoms with van der Waals surface area (Å²) < 4.78 is 0. The van der Waals surface area contributed by atoms with Gasteiger partial charge in [0.25, 0.3) is 5.91 Å². The van der Waals surface area contributed by atoms with Gasteiger partial charge in [-0.1, -0.05) is 0 Å². The summed E-state index contributed by atoms with van der Waals surface area (Å²) >= 11 is 0. The molecule has 0 aliphatic carbocycles. The summed E-state index contributed by atoms with van der Waals surface area (Å²) in [5.74, 6) is -0.628. The Bertz CT molecular complexity index is 707. The number of benzene rings is 1. The van der Waals surface area contributed by atoms with Crippen molar-refractivity contribution in [1.82, 2.24) is 9.88 Å². The number of fused-ring (bicyclic) bond motifs is 1. The molecule has 2 aromatic rings. The van der Waals surface area contributed by atoms with Gasteiger partial charge in [0.15, 0.2) is 0 Å². The second kappa shape index (κ2) is 5.12. The summed E-state index contributed by atoms with van der Waals surface area (Å²) in [6.45, 7) is 0.559. The van der Waals surface area contributed by atoms with Crippen LogP contribution in [0.15, 0.2) is 24.3 Å². The van der Waals surface area contributed by atoms with Crippen molar-refractivity contribution in [2.75, 3.05) is 12.3 Å². The highest BCUT2D eigenvalue weighted by molar-refractivity contribution is 6.00. The Morgan fingerprint density at radius 1 is 1.24 bits per heavy atom. The smallest absolute Gasteiger partial charge is 0.270 e. The molecule has 0 spiro atoms. The van der Waals surface area contributed by atoms with E-state index < -0.39 is 11.9 Å². The molecule has 6 heteroatoms. The van der Waals surface area contributed by atoms with Gasteiger partial charge < -0.3 is 21.4 Å². The number of likely N-dealkylation sites (tertiary alicyclic amines) is 1. The molecule has 2 amide bonds. The summed E-state index contributed by atoms with van der Waals surface area (Å²) in [6, 6.07) is 6.68. The molecule has 1 aliphatic rings. The van der Waals surface area contributed by atoms with Gasteiger partial charge in [0, 0.05) is 23.1 Å². The van der Waals surface area contributed by atoms with Crippen LogP contribution in [0, 0.1) is 0 Å². The maximum atomic E-state index is 12.6. The second-order valence-corrected chi connectivity index (χ2v) is 5.44. The van der Waals surface area contributed by atoms with Crippen molar-refractivity contribution in [1.29, 1.82) is 0 Å². The zero-order chi connectivity index (χ0) is 15.0. The van der Waals surface area contributed by atoms with E-state index in [1.807, 2.05) is 12.1 Å². The Hall–Kier alpha value is -2.50. The molecule has 0 saturated carbocycles. The molecule has 1 aliphatic heterocycles. The lowest BCUT2D eigenvalue weighted by molar-refractivity contribution is -0.123. The third-order valence-electron chi connectivity index (χ3n) is 3.97. The number of carbonyl (C=O) groups excluding carboxylic acids is 2. The van der Waals surface area contributed by atoms with E-state index in [4.69, 9.17) is 11.5 Å². The normalized spacial score (nSPS) is 18.9. The summed E-state index contributed by atoms with van der Waals surface area (Å²) in [6.07, 6.45) is 2.44. The van der Waals surface area contributed by atoms with Crippen LogP contribution in [0.1, 0.15) is 29.8 Å². The maximum absolute atomic E-state index is 12.6. The lowest BCUT2D eigenvalue weighted by Crippen LogP contribution is -2.50. The molecule has 1 aromatic heterocycles. The highest BCUT2D eigenvalue weighted by Gasteiger charge is 2.31. The van der Waals surface area contributed by atoms with E-state index in [2.05, 4.69) is 4.98 Å². The number of aromatic amines is 1. The molecule has 21 heavy (non-hydrogen) atoms. The van der Waals surface area contributed by atoms with Crippen LogP contribution in [0.4, 0.5) is 5.69 Å². The van der Waals surface area contributed by atoms with Gasteiger partial charge >= 0.3 is 0 Å². The van der Waals surface area contributed by atoms with E-state index in [1.54, 1.807) is 17.0 Å². The van der Waals surface area contributed by atoms with E-state index in [1.165, 1.54) is 0 Å². The topological polar surface area (TPSA) is 105 Å². The standard InChI is InChI=1S/C15H18N4O2/c16-10-4-5-11-9(7-10)8-12(18-11)15(21)19-6-2-1-3-13(19)14(17)20/h4-5,7-8,13,18H,1-3,6,16H2,(H2,17,20). The minimum Gasteiger partial charge on any atom is -0.399 e. The van der Waals surface area contributed by atoms with Crippen LogP contribution >= 0.6 is 0 Å². The summed E-state index contributed by atoms with van der Waals surface area (Å²) in [4.78, 5) is 28.8. The lowest BCUT2D eigenvalue weighted by atomic mass is 10.0. The molecule has 1 aromatic carbocycles. The summed E-state index contributed by atoms with van der Waals surface area (Å²) in [7, 11) is 0. The molecule has 2 heterocycles. The fourth-order valence-corrected chi connectivity index (χ4v) is 2.89. The first-order valence-electron chi connectivity index (χ1n) is 7.05. The van der Waals surface area contributed by atoms with Crippen molar-refractivity contribution in [2.24, 2.45) is 5.73 Å². The van der Waals surface area contributed by atoms with Crippen LogP contribution in [0.3, 0.4) is 0 Å². The number of rotatable bonds is 2. The van der Waals surface area contributed by atoms with Crippen molar-refractivity contribution in [3.05, 3.63) is 30.0 Å². The van der Waals surface area contributed by atoms with Crippen LogP contribution in [0.5, 0.6) is 0 Å². The van der Waals surface area contributed by atoms with E-state index in [9.17, 15) is 9.59 Å². The Kier molecular flexibility index (Phi) is 3.29. The summed E-state index contributed by atoms with van der Waals surface area (Å²) in [5, 5.41) is 0.881. The number of primary amides is 1. The third kappa shape index (κ3) is 2.44. The predicted octanol–water partition coefficient (Wildman–Crippen LogP) is 1.23. The first-order valence-corrected chi connectivity index (χ1v) is 7.05. The van der Waals surface area contributed by atoms with Gasteiger partial charge in [-0.2, -0.15) is 0 Å². The van der Waals surface area contributed by atoms with Gasteiger partial charge in [-0.05, 0) is 43.5 Å². The molecule has 5 N–H and O–H groups in total. The lowest BCUT2D eigenvalue weighted by Gasteiger charge is -2.33. The van der Waals surface area contributed by atoms with Gasteiger partial charge in [0.1, 0.15) is 11.7 Å². The highest BCUT2D eigenvalue weighted by atomic mass is 16.2. The molecule has 110 valence electrons. The molecule has 3 rings (SSSR count). The summed E-state index contributed by atoms with van der Waals surface area (Å²) in [5.41, 5.74) is 13.1. The molecule has 6 nitrogen and oxygen atoms in total. The third-order valence-corrected chi connectivity index (χ3v) is 3.97. The number of anilines is 1. The molecule has 1 unspecified atom stereocenters. The molecular formula is C15H18N4O2. The van der Waals surface area contributed by atoms with Crippen LogP contribution in [-0.4, -0.2) is 34.3 Å². The van der Waals surface area contributed by atoms with E-state index in [0.29, 0.717) is 24.3 Å². The molecule has 1 saturated heterocycles. The predicted molar refractivity (Wildman–Crippen MR) is 80.6 cm³/mol. The zero-order valence-electron chi connectivity index (χ0n) is 11.6.